The topological polar surface area (TPSA) is 70.4 Å². The number of aromatic nitrogens is 2. The summed E-state index contributed by atoms with van der Waals surface area (Å²) in [6.07, 6.45) is 5.13. The van der Waals surface area contributed by atoms with E-state index in [0.29, 0.717) is 30.8 Å². The number of nitrogens with one attached hydrogen (secondary N) is 1. The molecule has 146 valence electrons. The highest BCUT2D eigenvalue weighted by Gasteiger charge is 2.32. The molecule has 1 amide bonds. The number of fused-ring (bicyclic) bond motifs is 1. The number of aryl methyl sites for hydroxylation is 1. The normalized spacial score (nSPS) is 21.2. The van der Waals surface area contributed by atoms with E-state index in [4.69, 9.17) is 0 Å². The summed E-state index contributed by atoms with van der Waals surface area (Å²) in [5.74, 6) is 0.386. The summed E-state index contributed by atoms with van der Waals surface area (Å²) in [6, 6.07) is 4.51. The van der Waals surface area contributed by atoms with E-state index in [-0.39, 0.29) is 5.91 Å². The second kappa shape index (κ2) is 8.12. The lowest BCUT2D eigenvalue weighted by atomic mass is 9.88. The smallest absolute Gasteiger partial charge is 0.272 e. The van der Waals surface area contributed by atoms with E-state index in [1.54, 1.807) is 11.3 Å². The Hall–Kier alpha value is -1.70. The fourth-order valence-electron chi connectivity index (χ4n) is 4.43. The summed E-state index contributed by atoms with van der Waals surface area (Å²) >= 11 is 1.65. The molecule has 1 saturated heterocycles. The molecular weight excluding hydrogens is 360 g/mol. The molecule has 4 rings (SSSR count). The average Bonchev–Trinajstić information content (AvgIpc) is 3.34. The van der Waals surface area contributed by atoms with Gasteiger partial charge in [0, 0.05) is 35.8 Å². The van der Waals surface area contributed by atoms with Gasteiger partial charge in [0.2, 0.25) is 0 Å². The number of aliphatic hydroxyl groups excluding tert-OH is 1. The third-order valence-corrected chi connectivity index (χ3v) is 6.95. The van der Waals surface area contributed by atoms with Crippen molar-refractivity contribution in [3.8, 4) is 0 Å². The van der Waals surface area contributed by atoms with E-state index in [9.17, 15) is 9.90 Å². The number of likely N-dealkylation sites (tertiary alicyclic amines) is 1. The largest absolute Gasteiger partial charge is 0.396 e. The van der Waals surface area contributed by atoms with Crippen molar-refractivity contribution in [1.82, 2.24) is 20.0 Å². The van der Waals surface area contributed by atoms with Gasteiger partial charge in [-0.3, -0.25) is 9.48 Å². The first-order valence-electron chi connectivity index (χ1n) is 9.86. The molecule has 0 saturated carbocycles. The number of nitrogens with zero attached hydrogens (tertiary/aromatic N) is 3. The summed E-state index contributed by atoms with van der Waals surface area (Å²) < 4.78 is 1.89. The van der Waals surface area contributed by atoms with Crippen LogP contribution >= 0.6 is 11.3 Å². The number of rotatable bonds is 5. The Morgan fingerprint density at radius 2 is 2.19 bits per heavy atom. The Morgan fingerprint density at radius 3 is 2.89 bits per heavy atom. The van der Waals surface area contributed by atoms with Gasteiger partial charge in [-0.1, -0.05) is 6.07 Å². The zero-order valence-corrected chi connectivity index (χ0v) is 16.7. The first-order chi connectivity index (χ1) is 13.2. The molecule has 27 heavy (non-hydrogen) atoms. The van der Waals surface area contributed by atoms with E-state index >= 15 is 0 Å². The Labute approximate surface area is 164 Å². The number of carbonyl (C=O) groups is 1. The highest BCUT2D eigenvalue weighted by molar-refractivity contribution is 7.09. The minimum Gasteiger partial charge on any atom is -0.396 e. The van der Waals surface area contributed by atoms with Gasteiger partial charge >= 0.3 is 0 Å². The van der Waals surface area contributed by atoms with Crippen LogP contribution in [-0.4, -0.2) is 51.4 Å². The predicted molar refractivity (Wildman–Crippen MR) is 106 cm³/mol. The van der Waals surface area contributed by atoms with Crippen LogP contribution in [0, 0.1) is 5.92 Å². The highest BCUT2D eigenvalue weighted by atomic mass is 32.1. The molecule has 3 heterocycles. The summed E-state index contributed by atoms with van der Waals surface area (Å²) in [5.41, 5.74) is 2.93. The Bertz CT molecular complexity index is 778. The molecule has 2 aromatic heterocycles. The lowest BCUT2D eigenvalue weighted by molar-refractivity contribution is 0.0917. The summed E-state index contributed by atoms with van der Waals surface area (Å²) in [7, 11) is 1.95. The van der Waals surface area contributed by atoms with Gasteiger partial charge in [0.15, 0.2) is 5.69 Å². The first kappa shape index (κ1) is 18.7. The van der Waals surface area contributed by atoms with Crippen molar-refractivity contribution in [3.05, 3.63) is 39.3 Å². The number of aliphatic hydroxyl groups is 1. The number of hydrogen-bond acceptors (Lipinski definition) is 5. The van der Waals surface area contributed by atoms with Crippen molar-refractivity contribution < 1.29 is 9.90 Å². The van der Waals surface area contributed by atoms with Gasteiger partial charge in [-0.05, 0) is 62.6 Å². The molecule has 1 aliphatic carbocycles. The molecule has 2 N–H and O–H groups in total. The Kier molecular flexibility index (Phi) is 5.61. The first-order valence-corrected chi connectivity index (χ1v) is 10.7. The molecule has 0 spiro atoms. The van der Waals surface area contributed by atoms with E-state index < -0.39 is 0 Å². The van der Waals surface area contributed by atoms with Crippen LogP contribution in [0.15, 0.2) is 17.5 Å². The lowest BCUT2D eigenvalue weighted by Crippen LogP contribution is -2.44. The molecule has 1 aliphatic heterocycles. The third-order valence-electron chi connectivity index (χ3n) is 6.07. The number of thiophene rings is 1. The zero-order valence-electron chi connectivity index (χ0n) is 15.9. The van der Waals surface area contributed by atoms with E-state index in [1.807, 2.05) is 29.2 Å². The van der Waals surface area contributed by atoms with Gasteiger partial charge in [-0.2, -0.15) is 5.10 Å². The Balaban J connectivity index is 1.45. The van der Waals surface area contributed by atoms with Crippen LogP contribution in [0.4, 0.5) is 0 Å². The van der Waals surface area contributed by atoms with Crippen molar-refractivity contribution in [2.75, 3.05) is 19.7 Å². The average molecular weight is 389 g/mol. The standard InChI is InChI=1S/C20H28N4O2S/c1-23-18-5-4-15(24-8-6-14(13-25)7-9-24)11-17(18)19(22-23)20(26)21-12-16-3-2-10-27-16/h2-3,10,14-15,25H,4-9,11-13H2,1H3,(H,21,26). The maximum atomic E-state index is 12.8. The van der Waals surface area contributed by atoms with Crippen LogP contribution in [0.3, 0.4) is 0 Å². The molecule has 0 bridgehead atoms. The van der Waals surface area contributed by atoms with Crippen LogP contribution in [-0.2, 0) is 26.4 Å². The van der Waals surface area contributed by atoms with E-state index in [0.717, 1.165) is 55.6 Å². The molecule has 2 aromatic rings. The van der Waals surface area contributed by atoms with E-state index in [1.165, 1.54) is 5.69 Å². The second-order valence-electron chi connectivity index (χ2n) is 7.72. The van der Waals surface area contributed by atoms with Gasteiger partial charge < -0.3 is 15.3 Å². The number of hydrogen-bond donors (Lipinski definition) is 2. The highest BCUT2D eigenvalue weighted by Crippen LogP contribution is 2.29. The summed E-state index contributed by atoms with van der Waals surface area (Å²) in [5, 5.41) is 19.0. The van der Waals surface area contributed by atoms with Gasteiger partial charge in [0.05, 0.1) is 6.54 Å². The molecule has 1 fully saturated rings. The van der Waals surface area contributed by atoms with Gasteiger partial charge in [-0.25, -0.2) is 0 Å². The van der Waals surface area contributed by atoms with Crippen molar-refractivity contribution >= 4 is 17.2 Å². The monoisotopic (exact) mass is 388 g/mol. The molecule has 2 aliphatic rings. The van der Waals surface area contributed by atoms with Crippen molar-refractivity contribution in [2.24, 2.45) is 13.0 Å². The van der Waals surface area contributed by atoms with Crippen LogP contribution < -0.4 is 5.32 Å². The molecule has 0 aromatic carbocycles. The number of piperidine rings is 1. The predicted octanol–water partition coefficient (Wildman–Crippen LogP) is 1.97. The molecule has 1 atom stereocenters. The number of amides is 1. The van der Waals surface area contributed by atoms with Gasteiger partial charge in [-0.15, -0.1) is 11.3 Å². The van der Waals surface area contributed by atoms with Gasteiger partial charge in [0.25, 0.3) is 5.91 Å². The molecule has 7 heteroatoms. The minimum absolute atomic E-state index is 0.0695. The zero-order chi connectivity index (χ0) is 18.8. The fraction of sp³-hybridized carbons (Fsp3) is 0.600. The van der Waals surface area contributed by atoms with Crippen molar-refractivity contribution in [3.63, 3.8) is 0 Å². The van der Waals surface area contributed by atoms with Crippen molar-refractivity contribution in [1.29, 1.82) is 0 Å². The molecule has 1 unspecified atom stereocenters. The minimum atomic E-state index is -0.0695. The number of carbonyl (C=O) groups excluding carboxylic acids is 1. The molecule has 0 radical (unpaired) electrons. The van der Waals surface area contributed by atoms with Crippen LogP contribution in [0.2, 0.25) is 0 Å². The SMILES string of the molecule is Cn1nc(C(=O)NCc2cccs2)c2c1CCC(N1CCC(CO)CC1)C2. The maximum absolute atomic E-state index is 12.8. The second-order valence-corrected chi connectivity index (χ2v) is 8.75. The summed E-state index contributed by atoms with van der Waals surface area (Å²) in [4.78, 5) is 16.5. The van der Waals surface area contributed by atoms with Gasteiger partial charge in [0.1, 0.15) is 0 Å². The maximum Gasteiger partial charge on any atom is 0.272 e. The summed E-state index contributed by atoms with van der Waals surface area (Å²) in [6.45, 7) is 2.95. The quantitative estimate of drug-likeness (QED) is 0.822. The van der Waals surface area contributed by atoms with Crippen molar-refractivity contribution in [2.45, 2.75) is 44.7 Å². The third kappa shape index (κ3) is 3.95. The molecular formula is C20H28N4O2S. The van der Waals surface area contributed by atoms with E-state index in [2.05, 4.69) is 15.3 Å². The lowest BCUT2D eigenvalue weighted by Gasteiger charge is -2.39. The fourth-order valence-corrected chi connectivity index (χ4v) is 5.07. The van der Waals surface area contributed by atoms with Crippen LogP contribution in [0.1, 0.15) is 45.9 Å². The molecule has 6 nitrogen and oxygen atoms in total. The Morgan fingerprint density at radius 1 is 1.37 bits per heavy atom. The van der Waals surface area contributed by atoms with Crippen LogP contribution in [0.5, 0.6) is 0 Å². The van der Waals surface area contributed by atoms with Crippen LogP contribution in [0.25, 0.3) is 0 Å².